The van der Waals surface area contributed by atoms with Crippen molar-refractivity contribution in [1.29, 1.82) is 0 Å². The first-order valence-electron chi connectivity index (χ1n) is 3.57. The predicted octanol–water partition coefficient (Wildman–Crippen LogP) is 0.868. The number of pyridine rings is 2. The van der Waals surface area contributed by atoms with E-state index in [0.717, 1.165) is 0 Å². The van der Waals surface area contributed by atoms with Crippen molar-refractivity contribution in [1.82, 2.24) is 9.97 Å². The Morgan fingerprint density at radius 2 is 2.15 bits per heavy atom. The van der Waals surface area contributed by atoms with E-state index in [9.17, 15) is 8.76 Å². The van der Waals surface area contributed by atoms with E-state index < -0.39 is 11.1 Å². The Hall–Kier alpha value is -1.33. The second-order valence-electron chi connectivity index (χ2n) is 2.44. The average molecular weight is 193 g/mol. The zero-order valence-corrected chi connectivity index (χ0v) is 7.32. The third kappa shape index (κ3) is 1.43. The summed E-state index contributed by atoms with van der Waals surface area (Å²) in [5.74, 6) is 0. The molecule has 13 heavy (non-hydrogen) atoms. The molecule has 0 amide bonds. The molecule has 0 aliphatic rings. The summed E-state index contributed by atoms with van der Waals surface area (Å²) in [4.78, 5) is 8.09. The molecule has 0 bridgehead atoms. The molecule has 1 unspecified atom stereocenters. The predicted molar refractivity (Wildman–Crippen MR) is 46.7 cm³/mol. The molecule has 0 saturated carbocycles. The first-order chi connectivity index (χ1) is 6.29. The van der Waals surface area contributed by atoms with Gasteiger partial charge in [-0.2, -0.15) is 0 Å². The van der Waals surface area contributed by atoms with E-state index in [0.29, 0.717) is 10.9 Å². The fourth-order valence-electron chi connectivity index (χ4n) is 1.11. The Labute approximate surface area is 76.9 Å². The van der Waals surface area contributed by atoms with Crippen molar-refractivity contribution >= 4 is 22.0 Å². The molecule has 0 radical (unpaired) electrons. The Balaban J connectivity index is 2.83. The maximum Gasteiger partial charge on any atom is 0.0744 e. The van der Waals surface area contributed by atoms with Gasteiger partial charge in [-0.15, -0.1) is 0 Å². The monoisotopic (exact) mass is 193 g/mol. The molecule has 66 valence electrons. The van der Waals surface area contributed by atoms with Crippen LogP contribution in [-0.2, 0) is 11.1 Å². The molecule has 4 nitrogen and oxygen atoms in total. The average Bonchev–Trinajstić information content (AvgIpc) is 2.17. The van der Waals surface area contributed by atoms with Gasteiger partial charge in [0.05, 0.1) is 5.52 Å². The summed E-state index contributed by atoms with van der Waals surface area (Å²) in [6, 6.07) is 3.12. The van der Waals surface area contributed by atoms with Gasteiger partial charge >= 0.3 is 0 Å². The van der Waals surface area contributed by atoms with Crippen LogP contribution in [0.2, 0.25) is 0 Å². The van der Waals surface area contributed by atoms with E-state index in [1.165, 1.54) is 18.5 Å². The summed E-state index contributed by atoms with van der Waals surface area (Å²) in [5, 5.41) is 0.554. The first-order valence-corrected chi connectivity index (χ1v) is 4.64. The lowest BCUT2D eigenvalue weighted by Gasteiger charge is -2.06. The lowest BCUT2D eigenvalue weighted by Crippen LogP contribution is -1.92. The summed E-state index contributed by atoms with van der Waals surface area (Å²) in [7, 11) is 0. The quantitative estimate of drug-likeness (QED) is 0.630. The van der Waals surface area contributed by atoms with E-state index in [4.69, 9.17) is 0 Å². The molecule has 2 aromatic rings. The number of aromatic nitrogens is 2. The van der Waals surface area contributed by atoms with Crippen molar-refractivity contribution in [2.24, 2.45) is 0 Å². The Kier molecular flexibility index (Phi) is 2.03. The Morgan fingerprint density at radius 1 is 1.31 bits per heavy atom. The summed E-state index contributed by atoms with van der Waals surface area (Å²) in [6.45, 7) is 0. The molecule has 0 N–H and O–H groups in total. The molecule has 0 aliphatic carbocycles. The molecule has 0 spiro atoms. The van der Waals surface area contributed by atoms with Crippen molar-refractivity contribution in [2.45, 2.75) is 4.90 Å². The summed E-state index contributed by atoms with van der Waals surface area (Å²) in [5.41, 5.74) is 0.636. The molecule has 2 rings (SSSR count). The Bertz CT molecular complexity index is 467. The molecular weight excluding hydrogens is 188 g/mol. The largest absolute Gasteiger partial charge is 0.768 e. The number of hydrogen-bond acceptors (Lipinski definition) is 4. The zero-order valence-electron chi connectivity index (χ0n) is 6.51. The molecular formula is C8H5N2O2S-. The van der Waals surface area contributed by atoms with Crippen molar-refractivity contribution in [3.05, 3.63) is 30.7 Å². The van der Waals surface area contributed by atoms with Gasteiger partial charge in [0.25, 0.3) is 0 Å². The van der Waals surface area contributed by atoms with Gasteiger partial charge in [0.15, 0.2) is 0 Å². The molecule has 0 saturated heterocycles. The second kappa shape index (κ2) is 3.20. The molecule has 2 heterocycles. The van der Waals surface area contributed by atoms with Crippen LogP contribution in [0.25, 0.3) is 10.9 Å². The topological polar surface area (TPSA) is 65.9 Å². The molecule has 1 atom stereocenters. The van der Waals surface area contributed by atoms with Crippen LogP contribution >= 0.6 is 0 Å². The molecule has 0 aromatic carbocycles. The third-order valence-corrected chi connectivity index (χ3v) is 2.40. The van der Waals surface area contributed by atoms with Crippen LogP contribution < -0.4 is 0 Å². The van der Waals surface area contributed by atoms with Crippen LogP contribution in [0.15, 0.2) is 35.6 Å². The van der Waals surface area contributed by atoms with Gasteiger partial charge in [-0.05, 0) is 23.2 Å². The normalized spacial score (nSPS) is 13.0. The maximum atomic E-state index is 10.8. The lowest BCUT2D eigenvalue weighted by atomic mass is 10.3. The minimum Gasteiger partial charge on any atom is -0.768 e. The smallest absolute Gasteiger partial charge is 0.0744 e. The van der Waals surface area contributed by atoms with Crippen molar-refractivity contribution in [3.8, 4) is 0 Å². The van der Waals surface area contributed by atoms with E-state index >= 15 is 0 Å². The standard InChI is InChI=1S/C8H6N2O2S/c11-13(12)8-2-4-10-7-1-3-9-5-6(7)8/h1-5H,(H,11,12)/p-1. The van der Waals surface area contributed by atoms with E-state index in [1.807, 2.05) is 0 Å². The van der Waals surface area contributed by atoms with Gasteiger partial charge in [-0.1, -0.05) is 0 Å². The zero-order chi connectivity index (χ0) is 9.26. The van der Waals surface area contributed by atoms with Crippen LogP contribution in [0.3, 0.4) is 0 Å². The molecule has 0 aliphatic heterocycles. The number of nitrogens with zero attached hydrogens (tertiary/aromatic N) is 2. The number of hydrogen-bond donors (Lipinski definition) is 0. The second-order valence-corrected chi connectivity index (χ2v) is 3.35. The van der Waals surface area contributed by atoms with Crippen LogP contribution in [0.1, 0.15) is 0 Å². The van der Waals surface area contributed by atoms with E-state index in [2.05, 4.69) is 9.97 Å². The number of rotatable bonds is 1. The fourth-order valence-corrected chi connectivity index (χ4v) is 1.62. The van der Waals surface area contributed by atoms with E-state index in [1.54, 1.807) is 12.3 Å². The third-order valence-electron chi connectivity index (χ3n) is 1.68. The van der Waals surface area contributed by atoms with Gasteiger partial charge < -0.3 is 4.55 Å². The SMILES string of the molecule is O=S([O-])c1ccnc2ccncc12. The lowest BCUT2D eigenvalue weighted by molar-refractivity contribution is 0.538. The highest BCUT2D eigenvalue weighted by Crippen LogP contribution is 2.16. The van der Waals surface area contributed by atoms with Crippen LogP contribution in [-0.4, -0.2) is 18.7 Å². The highest BCUT2D eigenvalue weighted by molar-refractivity contribution is 7.79. The minimum atomic E-state index is -2.23. The minimum absolute atomic E-state index is 0.234. The van der Waals surface area contributed by atoms with Crippen LogP contribution in [0, 0.1) is 0 Å². The van der Waals surface area contributed by atoms with Crippen molar-refractivity contribution in [3.63, 3.8) is 0 Å². The molecule has 5 heteroatoms. The van der Waals surface area contributed by atoms with Gasteiger partial charge in [0, 0.05) is 28.9 Å². The van der Waals surface area contributed by atoms with Crippen molar-refractivity contribution < 1.29 is 8.76 Å². The maximum absolute atomic E-state index is 10.8. The summed E-state index contributed by atoms with van der Waals surface area (Å²) >= 11 is -2.23. The van der Waals surface area contributed by atoms with Gasteiger partial charge in [0.1, 0.15) is 0 Å². The van der Waals surface area contributed by atoms with Gasteiger partial charge in [-0.3, -0.25) is 14.2 Å². The Morgan fingerprint density at radius 3 is 2.92 bits per heavy atom. The number of fused-ring (bicyclic) bond motifs is 1. The van der Waals surface area contributed by atoms with Gasteiger partial charge in [-0.25, -0.2) is 0 Å². The summed E-state index contributed by atoms with van der Waals surface area (Å²) in [6.07, 6.45) is 4.54. The highest BCUT2D eigenvalue weighted by Gasteiger charge is 2.00. The first kappa shape index (κ1) is 8.28. The van der Waals surface area contributed by atoms with Crippen LogP contribution in [0.4, 0.5) is 0 Å². The van der Waals surface area contributed by atoms with Gasteiger partial charge in [0.2, 0.25) is 0 Å². The fraction of sp³-hybridized carbons (Fsp3) is 0. The van der Waals surface area contributed by atoms with E-state index in [-0.39, 0.29) is 4.90 Å². The molecule has 2 aromatic heterocycles. The summed E-state index contributed by atoms with van der Waals surface area (Å²) < 4.78 is 21.5. The highest BCUT2D eigenvalue weighted by atomic mass is 32.2. The molecule has 0 fully saturated rings. The van der Waals surface area contributed by atoms with Crippen molar-refractivity contribution in [2.75, 3.05) is 0 Å². The van der Waals surface area contributed by atoms with Crippen LogP contribution in [0.5, 0.6) is 0 Å².